The van der Waals surface area contributed by atoms with Gasteiger partial charge in [-0.05, 0) is 57.2 Å². The molecule has 0 spiro atoms. The molecule has 0 radical (unpaired) electrons. The van der Waals surface area contributed by atoms with E-state index in [2.05, 4.69) is 5.32 Å². The molecule has 22 heavy (non-hydrogen) atoms. The Kier molecular flexibility index (Phi) is 7.23. The highest BCUT2D eigenvalue weighted by molar-refractivity contribution is 5.69. The van der Waals surface area contributed by atoms with Crippen LogP contribution in [-0.4, -0.2) is 31.8 Å². The van der Waals surface area contributed by atoms with Gasteiger partial charge in [0.25, 0.3) is 0 Å². The van der Waals surface area contributed by atoms with Crippen LogP contribution in [0.25, 0.3) is 0 Å². The van der Waals surface area contributed by atoms with Crippen LogP contribution in [0.5, 0.6) is 5.75 Å². The van der Waals surface area contributed by atoms with Crippen molar-refractivity contribution in [1.29, 1.82) is 0 Å². The Labute approximate surface area is 133 Å². The Morgan fingerprint density at radius 3 is 2.59 bits per heavy atom. The number of rotatable bonds is 8. The molecule has 4 nitrogen and oxygen atoms in total. The maximum absolute atomic E-state index is 11.2. The van der Waals surface area contributed by atoms with Gasteiger partial charge in [0, 0.05) is 6.54 Å². The number of esters is 1. The first-order valence-corrected chi connectivity index (χ1v) is 8.36. The van der Waals surface area contributed by atoms with E-state index >= 15 is 0 Å². The van der Waals surface area contributed by atoms with Crippen LogP contribution in [0.3, 0.4) is 0 Å². The Hall–Kier alpha value is -1.55. The van der Waals surface area contributed by atoms with Gasteiger partial charge in [-0.2, -0.15) is 0 Å². The van der Waals surface area contributed by atoms with Gasteiger partial charge in [-0.1, -0.05) is 18.2 Å². The molecule has 1 saturated carbocycles. The van der Waals surface area contributed by atoms with Crippen LogP contribution in [-0.2, 0) is 9.53 Å². The van der Waals surface area contributed by atoms with Gasteiger partial charge >= 0.3 is 5.97 Å². The van der Waals surface area contributed by atoms with Gasteiger partial charge in [0.15, 0.2) is 0 Å². The summed E-state index contributed by atoms with van der Waals surface area (Å²) < 4.78 is 10.9. The molecule has 1 fully saturated rings. The van der Waals surface area contributed by atoms with Gasteiger partial charge in [0.05, 0.1) is 19.1 Å². The molecule has 4 heteroatoms. The lowest BCUT2D eigenvalue weighted by Gasteiger charge is -2.29. The lowest BCUT2D eigenvalue weighted by molar-refractivity contribution is -0.142. The molecule has 0 aromatic heterocycles. The fourth-order valence-corrected chi connectivity index (χ4v) is 2.88. The lowest BCUT2D eigenvalue weighted by Crippen LogP contribution is -2.31. The second-order valence-corrected chi connectivity index (χ2v) is 5.83. The van der Waals surface area contributed by atoms with E-state index in [1.54, 1.807) is 0 Å². The minimum Gasteiger partial charge on any atom is -0.490 e. The number of para-hydroxylation sites is 1. The fourth-order valence-electron chi connectivity index (χ4n) is 2.88. The molecule has 1 aliphatic carbocycles. The van der Waals surface area contributed by atoms with E-state index in [0.29, 0.717) is 31.6 Å². The van der Waals surface area contributed by atoms with E-state index in [1.807, 2.05) is 37.3 Å². The summed E-state index contributed by atoms with van der Waals surface area (Å²) in [4.78, 5) is 11.2. The molecule has 122 valence electrons. The van der Waals surface area contributed by atoms with E-state index in [0.717, 1.165) is 25.1 Å². The molecule has 1 aliphatic rings. The molecule has 0 atom stereocenters. The van der Waals surface area contributed by atoms with Crippen molar-refractivity contribution in [1.82, 2.24) is 5.32 Å². The van der Waals surface area contributed by atoms with Crippen LogP contribution in [0.4, 0.5) is 0 Å². The van der Waals surface area contributed by atoms with Crippen molar-refractivity contribution in [2.75, 3.05) is 19.7 Å². The molecular weight excluding hydrogens is 278 g/mol. The quantitative estimate of drug-likeness (QED) is 0.592. The van der Waals surface area contributed by atoms with Crippen LogP contribution in [0.1, 0.15) is 39.0 Å². The fraction of sp³-hybridized carbons (Fsp3) is 0.611. The topological polar surface area (TPSA) is 47.6 Å². The molecule has 0 heterocycles. The molecule has 1 aromatic rings. The SMILES string of the molecule is CCOC(=O)CCNC[C@H]1CC[C@H](Oc2ccccc2)CC1. The third-order valence-electron chi connectivity index (χ3n) is 4.08. The largest absolute Gasteiger partial charge is 0.490 e. The predicted molar refractivity (Wildman–Crippen MR) is 86.9 cm³/mol. The zero-order valence-corrected chi connectivity index (χ0v) is 13.4. The summed E-state index contributed by atoms with van der Waals surface area (Å²) >= 11 is 0. The van der Waals surface area contributed by atoms with Crippen molar-refractivity contribution in [3.05, 3.63) is 30.3 Å². The number of hydrogen-bond donors (Lipinski definition) is 1. The highest BCUT2D eigenvalue weighted by Gasteiger charge is 2.22. The first-order valence-electron chi connectivity index (χ1n) is 8.36. The predicted octanol–water partition coefficient (Wildman–Crippen LogP) is 3.17. The normalized spacial score (nSPS) is 21.3. The van der Waals surface area contributed by atoms with Crippen molar-refractivity contribution in [2.45, 2.75) is 45.1 Å². The first kappa shape index (κ1) is 16.8. The molecule has 0 amide bonds. The molecular formula is C18H27NO3. The van der Waals surface area contributed by atoms with Gasteiger partial charge < -0.3 is 14.8 Å². The maximum Gasteiger partial charge on any atom is 0.307 e. The van der Waals surface area contributed by atoms with E-state index < -0.39 is 0 Å². The number of ether oxygens (including phenoxy) is 2. The summed E-state index contributed by atoms with van der Waals surface area (Å²) in [5.74, 6) is 1.55. The van der Waals surface area contributed by atoms with E-state index in [9.17, 15) is 4.79 Å². The molecule has 0 aliphatic heterocycles. The van der Waals surface area contributed by atoms with E-state index in [4.69, 9.17) is 9.47 Å². The van der Waals surface area contributed by atoms with Crippen LogP contribution in [0.2, 0.25) is 0 Å². The van der Waals surface area contributed by atoms with Crippen LogP contribution in [0.15, 0.2) is 30.3 Å². The first-order chi connectivity index (χ1) is 10.8. The highest BCUT2D eigenvalue weighted by Crippen LogP contribution is 2.27. The van der Waals surface area contributed by atoms with Crippen molar-refractivity contribution in [3.8, 4) is 5.75 Å². The highest BCUT2D eigenvalue weighted by atomic mass is 16.5. The molecule has 2 rings (SSSR count). The third kappa shape index (κ3) is 6.06. The van der Waals surface area contributed by atoms with Crippen LogP contribution >= 0.6 is 0 Å². The summed E-state index contributed by atoms with van der Waals surface area (Å²) in [5, 5.41) is 3.37. The Balaban J connectivity index is 1.56. The number of carbonyl (C=O) groups is 1. The number of benzene rings is 1. The standard InChI is InChI=1S/C18H27NO3/c1-2-21-18(20)12-13-19-14-15-8-10-17(11-9-15)22-16-6-4-3-5-7-16/h3-7,15,17,19H,2,8-14H2,1H3/t15-,17-. The Morgan fingerprint density at radius 2 is 1.91 bits per heavy atom. The van der Waals surface area contributed by atoms with Crippen molar-refractivity contribution < 1.29 is 14.3 Å². The van der Waals surface area contributed by atoms with Gasteiger partial charge in [0.2, 0.25) is 0 Å². The summed E-state index contributed by atoms with van der Waals surface area (Å²) in [5.41, 5.74) is 0. The van der Waals surface area contributed by atoms with Gasteiger partial charge in [-0.25, -0.2) is 0 Å². The summed E-state index contributed by atoms with van der Waals surface area (Å²) in [6, 6.07) is 10.1. The Morgan fingerprint density at radius 1 is 1.18 bits per heavy atom. The maximum atomic E-state index is 11.2. The Bertz CT molecular complexity index is 427. The average molecular weight is 305 g/mol. The lowest BCUT2D eigenvalue weighted by atomic mass is 9.87. The summed E-state index contributed by atoms with van der Waals surface area (Å²) in [6.07, 6.45) is 5.39. The second-order valence-electron chi connectivity index (χ2n) is 5.83. The molecule has 0 saturated heterocycles. The average Bonchev–Trinajstić information content (AvgIpc) is 2.54. The zero-order valence-electron chi connectivity index (χ0n) is 13.4. The van der Waals surface area contributed by atoms with E-state index in [1.165, 1.54) is 12.8 Å². The van der Waals surface area contributed by atoms with Gasteiger partial charge in [0.1, 0.15) is 5.75 Å². The minimum absolute atomic E-state index is 0.116. The van der Waals surface area contributed by atoms with E-state index in [-0.39, 0.29) is 5.97 Å². The number of hydrogen-bond acceptors (Lipinski definition) is 4. The van der Waals surface area contributed by atoms with Crippen molar-refractivity contribution in [2.24, 2.45) is 5.92 Å². The van der Waals surface area contributed by atoms with Crippen LogP contribution in [0, 0.1) is 5.92 Å². The second kappa shape index (κ2) is 9.46. The summed E-state index contributed by atoms with van der Waals surface area (Å²) in [6.45, 7) is 3.99. The third-order valence-corrected chi connectivity index (χ3v) is 4.08. The minimum atomic E-state index is -0.116. The molecule has 1 N–H and O–H groups in total. The summed E-state index contributed by atoms with van der Waals surface area (Å²) in [7, 11) is 0. The van der Waals surface area contributed by atoms with Crippen molar-refractivity contribution in [3.63, 3.8) is 0 Å². The van der Waals surface area contributed by atoms with Crippen LogP contribution < -0.4 is 10.1 Å². The number of carbonyl (C=O) groups excluding carboxylic acids is 1. The number of nitrogens with one attached hydrogen (secondary N) is 1. The van der Waals surface area contributed by atoms with Gasteiger partial charge in [-0.3, -0.25) is 4.79 Å². The van der Waals surface area contributed by atoms with Crippen molar-refractivity contribution >= 4 is 5.97 Å². The monoisotopic (exact) mass is 305 g/mol. The van der Waals surface area contributed by atoms with Gasteiger partial charge in [-0.15, -0.1) is 0 Å². The molecule has 0 bridgehead atoms. The smallest absolute Gasteiger partial charge is 0.307 e. The molecule has 0 unspecified atom stereocenters. The zero-order chi connectivity index (χ0) is 15.6. The molecule has 1 aromatic carbocycles.